The molecule has 7 N–H and O–H groups in total. The van der Waals surface area contributed by atoms with Crippen LogP contribution in [0.3, 0.4) is 0 Å². The van der Waals surface area contributed by atoms with Crippen molar-refractivity contribution >= 4 is 31.5 Å². The summed E-state index contributed by atoms with van der Waals surface area (Å²) < 4.78 is 17.8. The van der Waals surface area contributed by atoms with Crippen LogP contribution in [0.4, 0.5) is 0 Å². The van der Waals surface area contributed by atoms with Crippen LogP contribution < -0.4 is 10.6 Å². The number of rotatable bonds is 24. The molecule has 0 spiro atoms. The molecule has 0 radical (unpaired) electrons. The number of likely N-dealkylation sites (N-methyl/N-ethyl adjacent to an activating group) is 2. The molecule has 6 fully saturated rings. The lowest BCUT2D eigenvalue weighted by molar-refractivity contribution is -0.249. The fourth-order valence-electron chi connectivity index (χ4n) is 19.0. The molecule has 4 amide bonds. The van der Waals surface area contributed by atoms with Crippen LogP contribution >= 0.6 is 7.82 Å². The van der Waals surface area contributed by atoms with Crippen molar-refractivity contribution in [1.29, 1.82) is 0 Å². The highest BCUT2D eigenvalue weighted by Gasteiger charge is 2.71. The molecule has 0 aromatic rings. The first-order chi connectivity index (χ1) is 36.7. The maximum atomic E-state index is 14.5. The zero-order chi connectivity index (χ0) is 59.1. The third kappa shape index (κ3) is 12.7. The number of hydrogen-bond donors (Lipinski definition) is 7. The van der Waals surface area contributed by atoms with Gasteiger partial charge in [0.2, 0.25) is 23.6 Å². The molecular formula is C62H110N5O11P. The molecule has 0 aromatic carbocycles. The van der Waals surface area contributed by atoms with E-state index < -0.39 is 55.2 Å². The number of aliphatic hydroxyl groups excluding tert-OH is 3. The summed E-state index contributed by atoms with van der Waals surface area (Å²) in [6.07, 6.45) is 11.7. The number of carbonyl (C=O) groups excluding carboxylic acids is 4. The number of carbonyl (C=O) groups is 4. The van der Waals surface area contributed by atoms with Crippen molar-refractivity contribution in [3.63, 3.8) is 0 Å². The van der Waals surface area contributed by atoms with Crippen molar-refractivity contribution in [2.24, 2.45) is 92.2 Å². The van der Waals surface area contributed by atoms with Gasteiger partial charge >= 0.3 is 7.82 Å². The quantitative estimate of drug-likeness (QED) is 0.0357. The van der Waals surface area contributed by atoms with Crippen LogP contribution in [0, 0.1) is 92.2 Å². The fourth-order valence-corrected chi connectivity index (χ4v) is 19.4. The van der Waals surface area contributed by atoms with E-state index in [9.17, 15) is 48.8 Å². The molecule has 1 aliphatic heterocycles. The van der Waals surface area contributed by atoms with E-state index in [1.54, 1.807) is 16.8 Å². The van der Waals surface area contributed by atoms with Crippen LogP contribution in [0.25, 0.3) is 0 Å². The predicted molar refractivity (Wildman–Crippen MR) is 310 cm³/mol. The standard InChI is InChI=1S/C62H110N5O11P/c1-17-39(6)54(66(16)57(74)52(37(2)3)64-56(73)53(38(4)5)65(14)15)42(34-68)33-50(71)67-32-18-19-46(67)44(35-69)41(8)55(72)63-31-25-40(7)43-22-28-62(36-78-79(75,76)77)30-29-60(12)45(51(43)62)20-21-48-59(11)26-24-49(70)58(9,10)47(59)23-27-61(48,60)13/h37-39,41-49,51-54,68-70H,7,17-36H2,1-6,8-16H3,(H,63,72)(H,64,73)(H2,75,76,77)/t39-,41+,42-,43-,44+,45?,46?,47-,48?,49-,51+,52-,53-,54-,59-,60+,61+,62+/m0/s1. The number of amides is 4. The summed E-state index contributed by atoms with van der Waals surface area (Å²) in [5.41, 5.74) is 0.614. The number of phosphoric ester groups is 1. The van der Waals surface area contributed by atoms with Crippen LogP contribution in [0.2, 0.25) is 0 Å². The Morgan fingerprint density at radius 2 is 1.48 bits per heavy atom. The minimum atomic E-state index is -4.74. The smallest absolute Gasteiger partial charge is 0.396 e. The highest BCUT2D eigenvalue weighted by atomic mass is 31.2. The second kappa shape index (κ2) is 25.4. The highest BCUT2D eigenvalue weighted by Crippen LogP contribution is 2.78. The first kappa shape index (κ1) is 65.7. The summed E-state index contributed by atoms with van der Waals surface area (Å²) in [6.45, 7) is 30.6. The number of fused-ring (bicyclic) bond motifs is 7. The Bertz CT molecular complexity index is 2200. The van der Waals surface area contributed by atoms with Crippen LogP contribution in [0.1, 0.15) is 179 Å². The van der Waals surface area contributed by atoms with Gasteiger partial charge in [-0.1, -0.05) is 102 Å². The fraction of sp³-hybridized carbons (Fsp3) is 0.903. The normalized spacial score (nSPS) is 35.0. The number of phosphoric acid groups is 1. The summed E-state index contributed by atoms with van der Waals surface area (Å²) in [5.74, 6) is -1.59. The summed E-state index contributed by atoms with van der Waals surface area (Å²) in [7, 11) is 0.656. The molecule has 3 unspecified atom stereocenters. The lowest BCUT2D eigenvalue weighted by Crippen LogP contribution is -2.66. The molecule has 0 bridgehead atoms. The molecule has 6 aliphatic rings. The van der Waals surface area contributed by atoms with Gasteiger partial charge in [0, 0.05) is 69.6 Å². The van der Waals surface area contributed by atoms with E-state index in [0.29, 0.717) is 56.5 Å². The van der Waals surface area contributed by atoms with Gasteiger partial charge in [-0.15, -0.1) is 0 Å². The van der Waals surface area contributed by atoms with Gasteiger partial charge in [0.25, 0.3) is 0 Å². The van der Waals surface area contributed by atoms with Crippen molar-refractivity contribution in [2.45, 2.75) is 210 Å². The Balaban J connectivity index is 1.13. The summed E-state index contributed by atoms with van der Waals surface area (Å²) in [4.78, 5) is 82.1. The molecule has 1 heterocycles. The first-order valence-electron chi connectivity index (χ1n) is 30.8. The Kier molecular flexibility index (Phi) is 21.1. The molecule has 6 rings (SSSR count). The van der Waals surface area contributed by atoms with Crippen LogP contribution in [0.5, 0.6) is 0 Å². The third-order valence-corrected chi connectivity index (χ3v) is 24.1. The molecule has 5 aliphatic carbocycles. The van der Waals surface area contributed by atoms with Crippen molar-refractivity contribution in [3.8, 4) is 0 Å². The molecule has 1 saturated heterocycles. The molecule has 0 aromatic heterocycles. The van der Waals surface area contributed by atoms with Gasteiger partial charge in [0.1, 0.15) is 6.04 Å². The lowest BCUT2D eigenvalue weighted by atomic mass is 9.32. The summed E-state index contributed by atoms with van der Waals surface area (Å²) in [5, 5.41) is 39.5. The van der Waals surface area contributed by atoms with Gasteiger partial charge in [-0.25, -0.2) is 4.57 Å². The van der Waals surface area contributed by atoms with Crippen molar-refractivity contribution in [1.82, 2.24) is 25.3 Å². The van der Waals surface area contributed by atoms with E-state index in [0.717, 1.165) is 69.8 Å². The minimum Gasteiger partial charge on any atom is -0.396 e. The number of nitrogens with zero attached hydrogens (tertiary/aromatic N) is 3. The van der Waals surface area contributed by atoms with Crippen LogP contribution in [0.15, 0.2) is 12.2 Å². The lowest BCUT2D eigenvalue weighted by Gasteiger charge is -2.73. The molecule has 5 saturated carbocycles. The summed E-state index contributed by atoms with van der Waals surface area (Å²) in [6, 6.07) is -2.18. The van der Waals surface area contributed by atoms with Crippen molar-refractivity contribution in [3.05, 3.63) is 12.2 Å². The van der Waals surface area contributed by atoms with Gasteiger partial charge in [0.05, 0.1) is 18.8 Å². The predicted octanol–water partition coefficient (Wildman–Crippen LogP) is 8.43. The molecule has 18 atom stereocenters. The van der Waals surface area contributed by atoms with Crippen molar-refractivity contribution in [2.75, 3.05) is 54.1 Å². The maximum Gasteiger partial charge on any atom is 0.469 e. The molecule has 17 heteroatoms. The highest BCUT2D eigenvalue weighted by molar-refractivity contribution is 7.46. The topological polar surface area (TPSA) is 230 Å². The van der Waals surface area contributed by atoms with E-state index in [1.165, 1.54) is 0 Å². The average Bonchev–Trinajstić information content (AvgIpc) is 4.24. The minimum absolute atomic E-state index is 0.00768. The molecule has 79 heavy (non-hydrogen) atoms. The van der Waals surface area contributed by atoms with Crippen LogP contribution in [-0.2, 0) is 28.3 Å². The van der Waals surface area contributed by atoms with Gasteiger partial charge in [0.15, 0.2) is 0 Å². The number of likely N-dealkylation sites (tertiary alicyclic amines) is 1. The van der Waals surface area contributed by atoms with Crippen LogP contribution in [-0.4, -0.2) is 148 Å². The second-order valence-electron chi connectivity index (χ2n) is 28.8. The Hall–Kier alpha value is -2.43. The molecule has 454 valence electrons. The maximum absolute atomic E-state index is 14.5. The Morgan fingerprint density at radius 1 is 0.810 bits per heavy atom. The zero-order valence-electron chi connectivity index (χ0n) is 51.6. The second-order valence-corrected chi connectivity index (χ2v) is 30.1. The van der Waals surface area contributed by atoms with E-state index in [1.807, 2.05) is 67.5 Å². The van der Waals surface area contributed by atoms with E-state index >= 15 is 0 Å². The molecular weight excluding hydrogens is 1020 g/mol. The largest absolute Gasteiger partial charge is 0.469 e. The van der Waals surface area contributed by atoms with Gasteiger partial charge < -0.3 is 45.5 Å². The molecule has 16 nitrogen and oxygen atoms in total. The van der Waals surface area contributed by atoms with Crippen molar-refractivity contribution < 1.29 is 53.4 Å². The Morgan fingerprint density at radius 3 is 2.06 bits per heavy atom. The first-order valence-corrected chi connectivity index (χ1v) is 32.3. The van der Waals surface area contributed by atoms with Gasteiger partial charge in [-0.2, -0.15) is 0 Å². The average molecular weight is 1130 g/mol. The zero-order valence-corrected chi connectivity index (χ0v) is 52.5. The van der Waals surface area contributed by atoms with E-state index in [4.69, 9.17) is 11.1 Å². The van der Waals surface area contributed by atoms with Gasteiger partial charge in [-0.05, 0) is 172 Å². The van der Waals surface area contributed by atoms with Gasteiger partial charge in [-0.3, -0.25) is 28.6 Å². The number of hydrogen-bond acceptors (Lipinski definition) is 10. The van der Waals surface area contributed by atoms with E-state index in [2.05, 4.69) is 45.3 Å². The summed E-state index contributed by atoms with van der Waals surface area (Å²) >= 11 is 0. The van der Waals surface area contributed by atoms with E-state index in [-0.39, 0.29) is 107 Å². The Labute approximate surface area is 476 Å². The number of nitrogens with one attached hydrogen (secondary N) is 2. The number of aliphatic hydroxyl groups is 3. The third-order valence-electron chi connectivity index (χ3n) is 23.6. The monoisotopic (exact) mass is 1130 g/mol. The SMILES string of the molecule is C=C(CCNC(=O)[C@H](C)[C@@H](CO)C1CCCN1C(=O)C[C@@H](CO)[C@H]([C@@H](C)CC)N(C)C(=O)[C@@H](NC(=O)[C@H](C(C)C)N(C)C)C(C)C)[C@@H]1CC[C@]2(COP(=O)(O)O)CC[C@]3(C)C(CCC4[C@@]5(C)CC[C@H](O)C(C)(C)[C@@H]5CC[C@]43C)[C@@H]12.